The van der Waals surface area contributed by atoms with Crippen LogP contribution in [0, 0.1) is 0 Å². The highest BCUT2D eigenvalue weighted by atomic mass is 35.5. The number of nitrogens with one attached hydrogen (secondary N) is 3. The smallest absolute Gasteiger partial charge is 0.315 e. The Hall–Kier alpha value is -2.61. The molecule has 3 amide bonds. The van der Waals surface area contributed by atoms with E-state index in [1.54, 1.807) is 0 Å². The summed E-state index contributed by atoms with van der Waals surface area (Å²) in [6.45, 7) is 7.69. The van der Waals surface area contributed by atoms with E-state index in [9.17, 15) is 9.59 Å². The maximum Gasteiger partial charge on any atom is 0.315 e. The number of amides is 3. The minimum absolute atomic E-state index is 0.0309. The van der Waals surface area contributed by atoms with Gasteiger partial charge in [-0.05, 0) is 68.5 Å². The first kappa shape index (κ1) is 29.4. The quantitative estimate of drug-likeness (QED) is 0.375. The van der Waals surface area contributed by atoms with Gasteiger partial charge >= 0.3 is 6.03 Å². The van der Waals surface area contributed by atoms with Gasteiger partial charge in [0.2, 0.25) is 5.91 Å². The molecule has 3 atom stereocenters. The molecule has 0 spiro atoms. The first-order valence-corrected chi connectivity index (χ1v) is 15.0. The molecule has 0 radical (unpaired) electrons. The molecule has 2 heterocycles. The topological polar surface area (TPSA) is 76.7 Å². The van der Waals surface area contributed by atoms with Crippen molar-refractivity contribution >= 4 is 23.5 Å². The Bertz CT molecular complexity index is 1030. The Morgan fingerprint density at radius 3 is 2.49 bits per heavy atom. The van der Waals surface area contributed by atoms with Crippen LogP contribution in [0.15, 0.2) is 54.6 Å². The highest BCUT2D eigenvalue weighted by molar-refractivity contribution is 6.30. The molecule has 2 aromatic rings. The minimum atomic E-state index is -0.244. The average Bonchev–Trinajstić information content (AvgIpc) is 3.12. The molecule has 2 aliphatic heterocycles. The molecule has 2 fully saturated rings. The van der Waals surface area contributed by atoms with Crippen LogP contribution < -0.4 is 16.0 Å². The molecular weight excluding hydrogens is 510 g/mol. The molecule has 2 aliphatic rings. The summed E-state index contributed by atoms with van der Waals surface area (Å²) in [5.41, 5.74) is 2.27. The van der Waals surface area contributed by atoms with E-state index in [1.165, 1.54) is 24.8 Å². The fourth-order valence-corrected chi connectivity index (χ4v) is 5.78. The number of carbonyl (C=O) groups excluding carboxylic acids is 2. The maximum atomic E-state index is 13.8. The predicted octanol–water partition coefficient (Wildman–Crippen LogP) is 4.77. The van der Waals surface area contributed by atoms with Crippen molar-refractivity contribution in [3.63, 3.8) is 0 Å². The van der Waals surface area contributed by atoms with Gasteiger partial charge in [0.25, 0.3) is 0 Å². The number of rotatable bonds is 11. The second-order valence-electron chi connectivity index (χ2n) is 10.9. The molecule has 2 saturated heterocycles. The van der Waals surface area contributed by atoms with Crippen LogP contribution in [0.2, 0.25) is 5.02 Å². The van der Waals surface area contributed by atoms with Gasteiger partial charge in [0.05, 0.1) is 6.04 Å². The van der Waals surface area contributed by atoms with Crippen LogP contribution in [0.4, 0.5) is 4.79 Å². The lowest BCUT2D eigenvalue weighted by molar-refractivity contribution is -0.133. The van der Waals surface area contributed by atoms with Gasteiger partial charge < -0.3 is 25.8 Å². The van der Waals surface area contributed by atoms with Crippen molar-refractivity contribution in [2.24, 2.45) is 0 Å². The van der Waals surface area contributed by atoms with Crippen LogP contribution in [0.3, 0.4) is 0 Å². The third-order valence-electron chi connectivity index (χ3n) is 8.06. The van der Waals surface area contributed by atoms with E-state index in [0.29, 0.717) is 30.6 Å². The Labute approximate surface area is 238 Å². The summed E-state index contributed by atoms with van der Waals surface area (Å²) in [5.74, 6) is 0.502. The van der Waals surface area contributed by atoms with E-state index < -0.39 is 0 Å². The summed E-state index contributed by atoms with van der Waals surface area (Å²) >= 11 is 5.95. The van der Waals surface area contributed by atoms with Gasteiger partial charge in [0, 0.05) is 49.7 Å². The van der Waals surface area contributed by atoms with Crippen molar-refractivity contribution < 1.29 is 9.59 Å². The van der Waals surface area contributed by atoms with Crippen LogP contribution in [-0.4, -0.2) is 73.1 Å². The van der Waals surface area contributed by atoms with Crippen molar-refractivity contribution in [3.8, 4) is 0 Å². The minimum Gasteiger partial charge on any atom is -0.341 e. The van der Waals surface area contributed by atoms with Crippen molar-refractivity contribution in [2.75, 3.05) is 39.3 Å². The normalized spacial score (nSPS) is 21.3. The van der Waals surface area contributed by atoms with Crippen LogP contribution in [0.5, 0.6) is 0 Å². The van der Waals surface area contributed by atoms with Crippen LogP contribution in [-0.2, 0) is 11.3 Å². The van der Waals surface area contributed by atoms with E-state index in [-0.39, 0.29) is 24.0 Å². The van der Waals surface area contributed by atoms with Gasteiger partial charge in [-0.1, -0.05) is 67.4 Å². The number of carbonyl (C=O) groups is 2. The molecule has 7 nitrogen and oxygen atoms in total. The zero-order valence-electron chi connectivity index (χ0n) is 23.2. The predicted molar refractivity (Wildman–Crippen MR) is 158 cm³/mol. The molecule has 3 unspecified atom stereocenters. The summed E-state index contributed by atoms with van der Waals surface area (Å²) < 4.78 is 0. The highest BCUT2D eigenvalue weighted by Crippen LogP contribution is 2.23. The van der Waals surface area contributed by atoms with Crippen LogP contribution in [0.1, 0.15) is 62.5 Å². The fourth-order valence-electron chi connectivity index (χ4n) is 5.65. The third kappa shape index (κ3) is 9.23. The van der Waals surface area contributed by atoms with Gasteiger partial charge in [-0.15, -0.1) is 0 Å². The Balaban J connectivity index is 1.35. The zero-order valence-corrected chi connectivity index (χ0v) is 24.0. The Morgan fingerprint density at radius 1 is 1.03 bits per heavy atom. The maximum absolute atomic E-state index is 13.8. The van der Waals surface area contributed by atoms with Gasteiger partial charge in [0.15, 0.2) is 0 Å². The summed E-state index contributed by atoms with van der Waals surface area (Å²) in [4.78, 5) is 30.9. The molecule has 0 saturated carbocycles. The number of urea groups is 1. The summed E-state index contributed by atoms with van der Waals surface area (Å²) in [5, 5.41) is 10.2. The largest absolute Gasteiger partial charge is 0.341 e. The second kappa shape index (κ2) is 15.2. The van der Waals surface area contributed by atoms with Gasteiger partial charge in [-0.2, -0.15) is 0 Å². The average molecular weight is 554 g/mol. The molecular formula is C31H44ClN5O2. The zero-order chi connectivity index (χ0) is 27.5. The van der Waals surface area contributed by atoms with E-state index in [2.05, 4.69) is 56.9 Å². The van der Waals surface area contributed by atoms with E-state index in [0.717, 1.165) is 51.0 Å². The molecule has 8 heteroatoms. The van der Waals surface area contributed by atoms with Gasteiger partial charge in [-0.3, -0.25) is 4.79 Å². The Kier molecular flexibility index (Phi) is 11.5. The summed E-state index contributed by atoms with van der Waals surface area (Å²) in [6.07, 6.45) is 6.36. The third-order valence-corrected chi connectivity index (χ3v) is 8.31. The van der Waals surface area contributed by atoms with E-state index in [1.807, 2.05) is 30.3 Å². The number of hydrogen-bond acceptors (Lipinski definition) is 4. The first-order chi connectivity index (χ1) is 19.0. The molecule has 39 heavy (non-hydrogen) atoms. The van der Waals surface area contributed by atoms with Crippen molar-refractivity contribution in [1.29, 1.82) is 0 Å². The number of hydrogen-bond donors (Lipinski definition) is 3. The number of likely N-dealkylation sites (tertiary alicyclic amines) is 1. The van der Waals surface area contributed by atoms with Crippen molar-refractivity contribution in [1.82, 2.24) is 25.8 Å². The second-order valence-corrected chi connectivity index (χ2v) is 11.3. The van der Waals surface area contributed by atoms with E-state index >= 15 is 0 Å². The molecule has 0 aromatic heterocycles. The molecule has 0 bridgehead atoms. The standard InChI is InChI=1S/C31H44ClN5O2/c1-2-25(26-9-5-3-6-10-26)23-37-20-15-28(22-34-31(39)33-21-24-11-13-27(32)14-12-24)35-29(30(37)38)16-19-36-17-7-4-8-18-36/h3,5-6,9-14,25,28-29,35H,2,4,7-8,15-23H2,1H3,(H2,33,34,39). The van der Waals surface area contributed by atoms with Gasteiger partial charge in [0.1, 0.15) is 0 Å². The molecule has 2 aromatic carbocycles. The fraction of sp³-hybridized carbons (Fsp3) is 0.548. The van der Waals surface area contributed by atoms with Crippen LogP contribution >= 0.6 is 11.6 Å². The van der Waals surface area contributed by atoms with Gasteiger partial charge in [-0.25, -0.2) is 4.79 Å². The monoisotopic (exact) mass is 553 g/mol. The Morgan fingerprint density at radius 2 is 1.77 bits per heavy atom. The van der Waals surface area contributed by atoms with E-state index in [4.69, 9.17) is 11.6 Å². The number of benzene rings is 2. The number of piperidine rings is 1. The molecule has 3 N–H and O–H groups in total. The number of nitrogens with zero attached hydrogens (tertiary/aromatic N) is 2. The summed E-state index contributed by atoms with van der Waals surface area (Å²) in [6, 6.07) is 17.5. The molecule has 212 valence electrons. The number of halogens is 1. The highest BCUT2D eigenvalue weighted by Gasteiger charge is 2.32. The van der Waals surface area contributed by atoms with Crippen LogP contribution in [0.25, 0.3) is 0 Å². The lowest BCUT2D eigenvalue weighted by Gasteiger charge is -2.31. The lowest BCUT2D eigenvalue weighted by Crippen LogP contribution is -2.51. The SMILES string of the molecule is CCC(CN1CCC(CNC(=O)NCc2ccc(Cl)cc2)NC(CCN2CCCCC2)C1=O)c1ccccc1. The van der Waals surface area contributed by atoms with Crippen molar-refractivity contribution in [3.05, 3.63) is 70.7 Å². The molecule has 0 aliphatic carbocycles. The first-order valence-electron chi connectivity index (χ1n) is 14.6. The lowest BCUT2D eigenvalue weighted by atomic mass is 9.95. The molecule has 4 rings (SSSR count). The summed E-state index contributed by atoms with van der Waals surface area (Å²) in [7, 11) is 0. The van der Waals surface area contributed by atoms with Crippen molar-refractivity contribution in [2.45, 2.75) is 70.0 Å².